The molecule has 0 aliphatic rings. The number of ether oxygens (including phenoxy) is 2. The highest BCUT2D eigenvalue weighted by atomic mass is 28.3. The van der Waals surface area contributed by atoms with Crippen LogP contribution in [0.15, 0.2) is 36.4 Å². The van der Waals surface area contributed by atoms with Crippen molar-refractivity contribution in [3.05, 3.63) is 47.5 Å². The first kappa shape index (κ1) is 28.8. The minimum atomic E-state index is -2.00. The largest absolute Gasteiger partial charge is 0.486 e. The van der Waals surface area contributed by atoms with Crippen molar-refractivity contribution in [3.63, 3.8) is 0 Å². The third kappa shape index (κ3) is 6.84. The molecule has 0 amide bonds. The third-order valence-electron chi connectivity index (χ3n) is 7.05. The number of ketones is 2. The van der Waals surface area contributed by atoms with E-state index < -0.39 is 18.9 Å². The molecule has 4 nitrogen and oxygen atoms in total. The van der Waals surface area contributed by atoms with Gasteiger partial charge in [-0.25, -0.2) is 0 Å². The fourth-order valence-electron chi connectivity index (χ4n) is 4.17. The van der Waals surface area contributed by atoms with Gasteiger partial charge in [0.1, 0.15) is 32.8 Å². The molecule has 0 spiro atoms. The van der Waals surface area contributed by atoms with Gasteiger partial charge in [0.05, 0.1) is 0 Å². The number of benzene rings is 2. The lowest BCUT2D eigenvalue weighted by molar-refractivity contribution is -0.128. The van der Waals surface area contributed by atoms with E-state index in [0.717, 1.165) is 34.7 Å². The summed E-state index contributed by atoms with van der Waals surface area (Å²) in [7, 11) is -2.00. The fraction of sp³-hybridized carbons (Fsp3) is 0.533. The average molecular weight is 497 g/mol. The first-order valence-electron chi connectivity index (χ1n) is 12.7. The molecule has 2 aromatic rings. The lowest BCUT2D eigenvalue weighted by Gasteiger charge is -2.32. The Labute approximate surface area is 213 Å². The van der Waals surface area contributed by atoms with Gasteiger partial charge in [-0.2, -0.15) is 0 Å². The summed E-state index contributed by atoms with van der Waals surface area (Å²) in [6.45, 7) is 20.3. The molecule has 0 aliphatic carbocycles. The fourth-order valence-corrected chi connectivity index (χ4v) is 8.43. The summed E-state index contributed by atoms with van der Waals surface area (Å²) in [6.07, 6.45) is 0. The summed E-state index contributed by atoms with van der Waals surface area (Å²) in [5.74, 6) is 1.72. The van der Waals surface area contributed by atoms with Crippen molar-refractivity contribution >= 4 is 30.0 Å². The van der Waals surface area contributed by atoms with Crippen LogP contribution in [0.3, 0.4) is 0 Å². The van der Waals surface area contributed by atoms with Gasteiger partial charge < -0.3 is 9.47 Å². The first-order chi connectivity index (χ1) is 16.2. The number of carbonyl (C=O) groups excluding carboxylic acids is 2. The Bertz CT molecular complexity index is 972. The highest BCUT2D eigenvalue weighted by molar-refractivity contribution is 7.02. The highest BCUT2D eigenvalue weighted by Crippen LogP contribution is 2.25. The highest BCUT2D eigenvalue weighted by Gasteiger charge is 2.34. The van der Waals surface area contributed by atoms with Gasteiger partial charge in [0.15, 0.2) is 11.6 Å². The average Bonchev–Trinajstić information content (AvgIpc) is 2.77. The molecule has 0 unspecified atom stereocenters. The normalized spacial score (nSPS) is 12.4. The molecule has 0 fully saturated rings. The standard InChI is InChI=1S/C30H44O4Si/c1-11-35(12-2,23-13-15-25(21(3)17-23)33-19-27(31)29(5,6)7)24-14-16-26(22(4)18-24)34-20-28(32)30(8,9)10/h13-18H,11-12,19-20H2,1-10H3. The maximum absolute atomic E-state index is 12.3. The zero-order valence-electron chi connectivity index (χ0n) is 23.4. The van der Waals surface area contributed by atoms with Crippen molar-refractivity contribution in [1.29, 1.82) is 0 Å². The molecule has 0 atom stereocenters. The van der Waals surface area contributed by atoms with Crippen molar-refractivity contribution in [1.82, 2.24) is 0 Å². The molecule has 0 heterocycles. The molecule has 5 heteroatoms. The van der Waals surface area contributed by atoms with E-state index >= 15 is 0 Å². The van der Waals surface area contributed by atoms with Gasteiger partial charge in [0, 0.05) is 10.8 Å². The lowest BCUT2D eigenvalue weighted by Crippen LogP contribution is -2.57. The van der Waals surface area contributed by atoms with Crippen LogP contribution in [-0.2, 0) is 9.59 Å². The van der Waals surface area contributed by atoms with Crippen LogP contribution in [0.2, 0.25) is 12.1 Å². The van der Waals surface area contributed by atoms with Crippen molar-refractivity contribution in [3.8, 4) is 11.5 Å². The second kappa shape index (κ2) is 11.1. The molecule has 0 N–H and O–H groups in total. The van der Waals surface area contributed by atoms with Gasteiger partial charge in [0.25, 0.3) is 0 Å². The molecule has 192 valence electrons. The van der Waals surface area contributed by atoms with E-state index in [9.17, 15) is 9.59 Å². The second-order valence-corrected chi connectivity index (χ2v) is 16.4. The van der Waals surface area contributed by atoms with Crippen LogP contribution in [0.1, 0.15) is 66.5 Å². The van der Waals surface area contributed by atoms with Crippen molar-refractivity contribution in [2.24, 2.45) is 10.8 Å². The van der Waals surface area contributed by atoms with E-state index in [0.29, 0.717) is 0 Å². The third-order valence-corrected chi connectivity index (χ3v) is 12.3. The maximum Gasteiger partial charge on any atom is 0.175 e. The Morgan fingerprint density at radius 1 is 0.686 bits per heavy atom. The van der Waals surface area contributed by atoms with E-state index in [1.165, 1.54) is 10.4 Å². The van der Waals surface area contributed by atoms with Crippen molar-refractivity contribution in [2.75, 3.05) is 13.2 Å². The van der Waals surface area contributed by atoms with E-state index in [2.05, 4.69) is 52.0 Å². The molecule has 2 rings (SSSR count). The Balaban J connectivity index is 2.31. The summed E-state index contributed by atoms with van der Waals surface area (Å²) in [6, 6.07) is 15.1. The zero-order valence-corrected chi connectivity index (χ0v) is 24.4. The zero-order chi connectivity index (χ0) is 26.6. The van der Waals surface area contributed by atoms with Crippen LogP contribution in [-0.4, -0.2) is 32.9 Å². The molecular formula is C30H44O4Si. The van der Waals surface area contributed by atoms with Crippen LogP contribution < -0.4 is 19.8 Å². The number of carbonyl (C=O) groups is 2. The first-order valence-corrected chi connectivity index (χ1v) is 15.1. The van der Waals surface area contributed by atoms with E-state index in [-0.39, 0.29) is 24.8 Å². The Hall–Kier alpha value is -2.40. The minimum Gasteiger partial charge on any atom is -0.486 e. The van der Waals surface area contributed by atoms with E-state index in [4.69, 9.17) is 9.47 Å². The smallest absolute Gasteiger partial charge is 0.175 e. The summed E-state index contributed by atoms with van der Waals surface area (Å²) < 4.78 is 11.8. The molecule has 0 aromatic heterocycles. The number of hydrogen-bond acceptors (Lipinski definition) is 4. The molecule has 0 saturated heterocycles. The lowest BCUT2D eigenvalue weighted by atomic mass is 9.91. The van der Waals surface area contributed by atoms with E-state index in [1.54, 1.807) is 0 Å². The maximum atomic E-state index is 12.3. The van der Waals surface area contributed by atoms with Gasteiger partial charge in [-0.15, -0.1) is 0 Å². The Morgan fingerprint density at radius 3 is 1.29 bits per heavy atom. The Morgan fingerprint density at radius 2 is 1.03 bits per heavy atom. The van der Waals surface area contributed by atoms with Crippen LogP contribution >= 0.6 is 0 Å². The predicted molar refractivity (Wildman–Crippen MR) is 148 cm³/mol. The van der Waals surface area contributed by atoms with Crippen LogP contribution in [0.4, 0.5) is 0 Å². The van der Waals surface area contributed by atoms with Crippen molar-refractivity contribution < 1.29 is 19.1 Å². The molecule has 0 bridgehead atoms. The molecular weight excluding hydrogens is 452 g/mol. The second-order valence-electron chi connectivity index (χ2n) is 11.7. The van der Waals surface area contributed by atoms with Gasteiger partial charge >= 0.3 is 0 Å². The number of Topliss-reactive ketones (excluding diaryl/α,β-unsaturated/α-hetero) is 2. The summed E-state index contributed by atoms with van der Waals surface area (Å²) in [4.78, 5) is 24.6. The summed E-state index contributed by atoms with van der Waals surface area (Å²) in [5.41, 5.74) is 1.29. The van der Waals surface area contributed by atoms with Crippen LogP contribution in [0, 0.1) is 24.7 Å². The van der Waals surface area contributed by atoms with Gasteiger partial charge in [-0.05, 0) is 37.1 Å². The number of hydrogen-bond donors (Lipinski definition) is 0. The Kier molecular flexibility index (Phi) is 9.15. The molecule has 0 radical (unpaired) electrons. The monoisotopic (exact) mass is 496 g/mol. The summed E-state index contributed by atoms with van der Waals surface area (Å²) in [5, 5.41) is 2.73. The topological polar surface area (TPSA) is 52.6 Å². The quantitative estimate of drug-likeness (QED) is 0.385. The van der Waals surface area contributed by atoms with Gasteiger partial charge in [-0.1, -0.05) is 102 Å². The molecule has 0 saturated carbocycles. The number of aryl methyl sites for hydroxylation is 2. The van der Waals surface area contributed by atoms with Crippen LogP contribution in [0.25, 0.3) is 0 Å². The molecule has 2 aromatic carbocycles. The van der Waals surface area contributed by atoms with Gasteiger partial charge in [0.2, 0.25) is 0 Å². The van der Waals surface area contributed by atoms with Crippen LogP contribution in [0.5, 0.6) is 11.5 Å². The van der Waals surface area contributed by atoms with E-state index in [1.807, 2.05) is 53.7 Å². The molecule has 35 heavy (non-hydrogen) atoms. The summed E-state index contributed by atoms with van der Waals surface area (Å²) >= 11 is 0. The predicted octanol–water partition coefficient (Wildman–Crippen LogP) is 5.89. The van der Waals surface area contributed by atoms with Gasteiger partial charge in [-0.3, -0.25) is 9.59 Å². The molecule has 0 aliphatic heterocycles. The SMILES string of the molecule is CC[Si](CC)(c1ccc(OCC(=O)C(C)(C)C)c(C)c1)c1ccc(OCC(=O)C(C)(C)C)c(C)c1. The number of rotatable bonds is 10. The minimum absolute atomic E-state index is 0.0895. The van der Waals surface area contributed by atoms with Crippen molar-refractivity contribution in [2.45, 2.75) is 81.3 Å².